The second-order valence-corrected chi connectivity index (χ2v) is 12.4. The second-order valence-electron chi connectivity index (χ2n) is 12.4. The monoisotopic (exact) mass is 794 g/mol. The summed E-state index contributed by atoms with van der Waals surface area (Å²) in [7, 11) is 4.16. The molecule has 7 heteroatoms. The summed E-state index contributed by atoms with van der Waals surface area (Å²) in [5.74, 6) is 1.80. The van der Waals surface area contributed by atoms with Gasteiger partial charge in [-0.3, -0.25) is 4.98 Å². The molecule has 0 atom stereocenters. The van der Waals surface area contributed by atoms with E-state index >= 15 is 0 Å². The van der Waals surface area contributed by atoms with E-state index < -0.39 is 0 Å². The predicted octanol–water partition coefficient (Wildman–Crippen LogP) is 9.58. The number of benzene rings is 5. The van der Waals surface area contributed by atoms with Gasteiger partial charge in [0, 0.05) is 35.7 Å². The molecule has 1 aliphatic rings. The van der Waals surface area contributed by atoms with E-state index in [0.717, 1.165) is 44.2 Å². The Morgan fingerprint density at radius 1 is 0.723 bits per heavy atom. The van der Waals surface area contributed by atoms with Crippen molar-refractivity contribution in [2.24, 2.45) is 7.05 Å². The van der Waals surface area contributed by atoms with Crippen LogP contribution in [0.2, 0.25) is 0 Å². The van der Waals surface area contributed by atoms with Crippen molar-refractivity contribution in [2.75, 3.05) is 16.8 Å². The second kappa shape index (κ2) is 13.3. The van der Waals surface area contributed by atoms with Crippen molar-refractivity contribution in [2.45, 2.75) is 39.5 Å². The molecular formula is C40H37IrN6. The number of hydrogen-bond donors (Lipinski definition) is 0. The quantitative estimate of drug-likeness (QED) is 0.131. The molecular weight excluding hydrogens is 757 g/mol. The minimum atomic E-state index is 0. The third-order valence-electron chi connectivity index (χ3n) is 8.77. The molecule has 0 saturated heterocycles. The minimum Gasteiger partial charge on any atom is -0.504 e. The Bertz CT molecular complexity index is 2160. The van der Waals surface area contributed by atoms with Gasteiger partial charge in [0.2, 0.25) is 0 Å². The van der Waals surface area contributed by atoms with E-state index in [0.29, 0.717) is 11.8 Å². The molecule has 0 amide bonds. The van der Waals surface area contributed by atoms with Crippen LogP contribution >= 0.6 is 0 Å². The maximum Gasteiger partial charge on any atom is 3.00 e. The predicted molar refractivity (Wildman–Crippen MR) is 190 cm³/mol. The molecule has 0 radical (unpaired) electrons. The molecule has 47 heavy (non-hydrogen) atoms. The van der Waals surface area contributed by atoms with Crippen LogP contribution in [0.25, 0.3) is 44.1 Å². The van der Waals surface area contributed by atoms with E-state index in [-0.39, 0.29) is 20.1 Å². The van der Waals surface area contributed by atoms with E-state index in [9.17, 15) is 0 Å². The smallest absolute Gasteiger partial charge is 0.504 e. The van der Waals surface area contributed by atoms with Gasteiger partial charge in [0.25, 0.3) is 0 Å². The van der Waals surface area contributed by atoms with Crippen molar-refractivity contribution in [3.05, 3.63) is 127 Å². The number of anilines is 3. The van der Waals surface area contributed by atoms with Crippen molar-refractivity contribution in [1.29, 1.82) is 0 Å². The van der Waals surface area contributed by atoms with Gasteiger partial charge in [-0.15, -0.1) is 35.3 Å². The average molecular weight is 794 g/mol. The van der Waals surface area contributed by atoms with E-state index in [4.69, 9.17) is 4.98 Å². The van der Waals surface area contributed by atoms with Crippen LogP contribution in [-0.2, 0) is 27.2 Å². The summed E-state index contributed by atoms with van der Waals surface area (Å²) in [5, 5.41) is 3.14. The number of para-hydroxylation sites is 3. The zero-order chi connectivity index (χ0) is 31.9. The summed E-state index contributed by atoms with van der Waals surface area (Å²) in [6, 6.07) is 35.7. The molecule has 0 bridgehead atoms. The van der Waals surface area contributed by atoms with E-state index in [2.05, 4.69) is 140 Å². The average Bonchev–Trinajstić information content (AvgIpc) is 3.62. The Morgan fingerprint density at radius 2 is 1.43 bits per heavy atom. The van der Waals surface area contributed by atoms with Crippen LogP contribution in [0.15, 0.2) is 97.5 Å². The van der Waals surface area contributed by atoms with Crippen LogP contribution in [0.4, 0.5) is 17.1 Å². The van der Waals surface area contributed by atoms with Gasteiger partial charge in [-0.05, 0) is 47.5 Å². The molecule has 0 N–H and O–H groups in total. The fraction of sp³-hybridized carbons (Fsp3) is 0.200. The topological polar surface area (TPSA) is 50.1 Å². The van der Waals surface area contributed by atoms with Crippen molar-refractivity contribution in [3.8, 4) is 11.4 Å². The maximum atomic E-state index is 5.22. The molecule has 5 aromatic carbocycles. The third-order valence-corrected chi connectivity index (χ3v) is 8.77. The maximum absolute atomic E-state index is 5.22. The molecule has 0 aliphatic carbocycles. The number of rotatable bonds is 4. The number of fused-ring (bicyclic) bond motifs is 7. The van der Waals surface area contributed by atoms with Gasteiger partial charge in [-0.25, -0.2) is 9.97 Å². The van der Waals surface area contributed by atoms with Crippen LogP contribution in [0, 0.1) is 18.8 Å². The summed E-state index contributed by atoms with van der Waals surface area (Å²) >= 11 is 0. The van der Waals surface area contributed by atoms with Gasteiger partial charge in [-0.1, -0.05) is 63.4 Å². The first-order chi connectivity index (χ1) is 22.3. The van der Waals surface area contributed by atoms with Crippen LogP contribution in [0.5, 0.6) is 0 Å². The van der Waals surface area contributed by atoms with Crippen molar-refractivity contribution in [1.82, 2.24) is 19.5 Å². The van der Waals surface area contributed by atoms with Gasteiger partial charge in [-0.2, -0.15) is 37.0 Å². The zero-order valence-corrected chi connectivity index (χ0v) is 29.9. The van der Waals surface area contributed by atoms with Crippen LogP contribution in [-0.4, -0.2) is 26.6 Å². The van der Waals surface area contributed by atoms with Crippen LogP contribution in [0.3, 0.4) is 0 Å². The Morgan fingerprint density at radius 3 is 2.13 bits per heavy atom. The number of aromatic nitrogens is 4. The third kappa shape index (κ3) is 5.68. The molecule has 2 aromatic heterocycles. The number of imidazole rings is 1. The Labute approximate surface area is 290 Å². The van der Waals surface area contributed by atoms with Crippen molar-refractivity contribution >= 4 is 49.8 Å². The minimum absolute atomic E-state index is 0. The molecule has 3 heterocycles. The first-order valence-electron chi connectivity index (χ1n) is 15.8. The number of nitrogens with zero attached hydrogens (tertiary/aromatic N) is 6. The summed E-state index contributed by atoms with van der Waals surface area (Å²) in [4.78, 5) is 18.4. The van der Waals surface area contributed by atoms with E-state index in [1.165, 1.54) is 28.1 Å². The summed E-state index contributed by atoms with van der Waals surface area (Å²) in [6.45, 7) is 11.1. The molecule has 0 fully saturated rings. The molecule has 0 saturated carbocycles. The van der Waals surface area contributed by atoms with Gasteiger partial charge < -0.3 is 14.4 Å². The van der Waals surface area contributed by atoms with E-state index in [1.807, 2.05) is 36.5 Å². The van der Waals surface area contributed by atoms with Crippen molar-refractivity contribution < 1.29 is 20.1 Å². The van der Waals surface area contributed by atoms with Crippen molar-refractivity contribution in [3.63, 3.8) is 0 Å². The Kier molecular flexibility index (Phi) is 9.14. The first-order valence-corrected chi connectivity index (χ1v) is 15.8. The fourth-order valence-electron chi connectivity index (χ4n) is 6.54. The fourth-order valence-corrected chi connectivity index (χ4v) is 6.54. The molecule has 8 rings (SSSR count). The molecule has 236 valence electrons. The van der Waals surface area contributed by atoms with Crippen LogP contribution in [0.1, 0.15) is 50.7 Å². The number of hydrogen-bond acceptors (Lipinski definition) is 5. The SMILES string of the molecule is CC(C)c1cccc(C(C)C)c1-c1nc2c3[c-]cccc3c3cncnc3c2n1C.CN1[CH-]N(c2[c-]cccc2)c2ccccc21.[Ir+3]. The first kappa shape index (κ1) is 32.4. The number of aryl methyl sites for hydroxylation is 1. The van der Waals surface area contributed by atoms with Gasteiger partial charge in [0.15, 0.2) is 0 Å². The molecule has 1 aliphatic heterocycles. The largest absolute Gasteiger partial charge is 3.00 e. The standard InChI is InChI=1S/C26H25N4.C14H12N2.Ir/c1-15(2)17-11-8-12-18(16(3)4)22(17)26-29-24-20-10-7-6-9-19(20)21-13-27-14-28-23(21)25(24)30(26)5;1-15-11-16(12-7-3-2-4-8-12)14-10-6-5-9-13(14)15;/h6-9,11-16H,1-5H3;2-7,9-11H,1H3;/q-1;-2;+3. The molecule has 0 spiro atoms. The molecule has 0 unspecified atom stereocenters. The Hall–Kier alpha value is -4.58. The van der Waals surface area contributed by atoms with Crippen LogP contribution < -0.4 is 9.80 Å². The Balaban J connectivity index is 0.000000192. The van der Waals surface area contributed by atoms with Gasteiger partial charge >= 0.3 is 20.1 Å². The van der Waals surface area contributed by atoms with Gasteiger partial charge in [0.1, 0.15) is 12.2 Å². The summed E-state index contributed by atoms with van der Waals surface area (Å²) < 4.78 is 2.21. The molecule has 7 aromatic rings. The molecule has 6 nitrogen and oxygen atoms in total. The normalized spacial score (nSPS) is 12.5. The summed E-state index contributed by atoms with van der Waals surface area (Å²) in [5.41, 5.74) is 10.3. The zero-order valence-electron chi connectivity index (χ0n) is 27.5. The van der Waals surface area contributed by atoms with E-state index in [1.54, 1.807) is 6.33 Å². The summed E-state index contributed by atoms with van der Waals surface area (Å²) in [6.07, 6.45) is 3.51. The van der Waals surface area contributed by atoms with Gasteiger partial charge in [0.05, 0.1) is 11.0 Å².